The molecular weight excluding hydrogens is 295 g/mol. The Balaban J connectivity index is 2.08. The number of aryl methyl sites for hydroxylation is 2. The topological polar surface area (TPSA) is 31.2 Å². The largest absolute Gasteiger partial charge is 0.492 e. The van der Waals surface area contributed by atoms with Gasteiger partial charge in [0.25, 0.3) is 5.56 Å². The van der Waals surface area contributed by atoms with Crippen molar-refractivity contribution in [1.82, 2.24) is 4.57 Å². The van der Waals surface area contributed by atoms with Crippen LogP contribution in [-0.4, -0.2) is 11.2 Å². The number of aromatic nitrogens is 1. The Hall–Kier alpha value is -2.24. The van der Waals surface area contributed by atoms with Crippen molar-refractivity contribution in [2.75, 3.05) is 6.61 Å². The Morgan fingerprint density at radius 1 is 1.14 bits per heavy atom. The van der Waals surface area contributed by atoms with Gasteiger partial charge in [0.2, 0.25) is 0 Å². The number of rotatable bonds is 4. The van der Waals surface area contributed by atoms with Crippen LogP contribution < -0.4 is 10.3 Å². The Morgan fingerprint density at radius 2 is 1.77 bits per heavy atom. The zero-order chi connectivity index (χ0) is 16.3. The standard InChI is InChI=1S/C16H16F3NO2/c1-11-8-12(2)10-13(9-11)22-7-6-20-5-3-4-14(15(20)21)16(17,18)19/h3-5,8-10H,6-7H2,1-2H3. The third kappa shape index (κ3) is 3.90. The minimum Gasteiger partial charge on any atom is -0.492 e. The first-order chi connectivity index (χ1) is 10.3. The molecule has 2 aromatic rings. The van der Waals surface area contributed by atoms with E-state index in [1.165, 1.54) is 12.3 Å². The Morgan fingerprint density at radius 3 is 2.36 bits per heavy atom. The van der Waals surface area contributed by atoms with Crippen LogP contribution in [-0.2, 0) is 12.7 Å². The van der Waals surface area contributed by atoms with Gasteiger partial charge in [-0.05, 0) is 49.2 Å². The zero-order valence-electron chi connectivity index (χ0n) is 12.3. The molecule has 0 amide bonds. The van der Waals surface area contributed by atoms with Gasteiger partial charge in [-0.15, -0.1) is 0 Å². The van der Waals surface area contributed by atoms with Gasteiger partial charge >= 0.3 is 6.18 Å². The Kier molecular flexibility index (Phi) is 4.59. The van der Waals surface area contributed by atoms with Crippen LogP contribution in [0.15, 0.2) is 41.3 Å². The Bertz CT molecular complexity index is 700. The first kappa shape index (κ1) is 16.1. The highest BCUT2D eigenvalue weighted by atomic mass is 19.4. The lowest BCUT2D eigenvalue weighted by atomic mass is 10.1. The summed E-state index contributed by atoms with van der Waals surface area (Å²) >= 11 is 0. The van der Waals surface area contributed by atoms with Crippen LogP contribution in [0.3, 0.4) is 0 Å². The highest BCUT2D eigenvalue weighted by molar-refractivity contribution is 5.32. The van der Waals surface area contributed by atoms with Gasteiger partial charge in [-0.3, -0.25) is 4.79 Å². The predicted molar refractivity (Wildman–Crippen MR) is 77.1 cm³/mol. The van der Waals surface area contributed by atoms with Crippen LogP contribution in [0.5, 0.6) is 5.75 Å². The second kappa shape index (κ2) is 6.25. The van der Waals surface area contributed by atoms with Crippen molar-refractivity contribution >= 4 is 0 Å². The molecule has 0 aliphatic rings. The molecule has 1 heterocycles. The van der Waals surface area contributed by atoms with Crippen molar-refractivity contribution in [3.8, 4) is 5.75 Å². The lowest BCUT2D eigenvalue weighted by molar-refractivity contribution is -0.139. The molecule has 0 N–H and O–H groups in total. The average Bonchev–Trinajstić information content (AvgIpc) is 2.38. The third-order valence-corrected chi connectivity index (χ3v) is 3.12. The molecule has 1 aromatic carbocycles. The molecule has 6 heteroatoms. The summed E-state index contributed by atoms with van der Waals surface area (Å²) in [6, 6.07) is 7.65. The molecule has 2 rings (SSSR count). The minimum atomic E-state index is -4.64. The molecule has 22 heavy (non-hydrogen) atoms. The number of hydrogen-bond donors (Lipinski definition) is 0. The second-order valence-corrected chi connectivity index (χ2v) is 5.09. The molecule has 1 aromatic heterocycles. The fourth-order valence-corrected chi connectivity index (χ4v) is 2.21. The maximum atomic E-state index is 12.7. The highest BCUT2D eigenvalue weighted by Gasteiger charge is 2.34. The van der Waals surface area contributed by atoms with E-state index < -0.39 is 17.3 Å². The van der Waals surface area contributed by atoms with Gasteiger partial charge in [0, 0.05) is 6.20 Å². The normalized spacial score (nSPS) is 11.5. The molecule has 3 nitrogen and oxygen atoms in total. The highest BCUT2D eigenvalue weighted by Crippen LogP contribution is 2.26. The molecule has 0 radical (unpaired) electrons. The van der Waals surface area contributed by atoms with Crippen molar-refractivity contribution in [3.05, 3.63) is 63.6 Å². The van der Waals surface area contributed by atoms with Crippen molar-refractivity contribution in [2.45, 2.75) is 26.6 Å². The molecule has 0 saturated carbocycles. The summed E-state index contributed by atoms with van der Waals surface area (Å²) < 4.78 is 44.5. The summed E-state index contributed by atoms with van der Waals surface area (Å²) in [4.78, 5) is 11.8. The molecule has 0 fully saturated rings. The number of alkyl halides is 3. The van der Waals surface area contributed by atoms with Crippen LogP contribution >= 0.6 is 0 Å². The molecule has 0 aliphatic carbocycles. The van der Waals surface area contributed by atoms with E-state index in [4.69, 9.17) is 4.74 Å². The average molecular weight is 311 g/mol. The van der Waals surface area contributed by atoms with Crippen LogP contribution in [0.2, 0.25) is 0 Å². The molecule has 0 unspecified atom stereocenters. The van der Waals surface area contributed by atoms with Crippen LogP contribution in [0.4, 0.5) is 13.2 Å². The van der Waals surface area contributed by atoms with Gasteiger partial charge in [0.15, 0.2) is 0 Å². The summed E-state index contributed by atoms with van der Waals surface area (Å²) in [7, 11) is 0. The lowest BCUT2D eigenvalue weighted by Crippen LogP contribution is -2.29. The van der Waals surface area contributed by atoms with Crippen LogP contribution in [0.1, 0.15) is 16.7 Å². The second-order valence-electron chi connectivity index (χ2n) is 5.09. The van der Waals surface area contributed by atoms with E-state index in [1.807, 2.05) is 32.0 Å². The number of ether oxygens (including phenoxy) is 1. The van der Waals surface area contributed by atoms with E-state index in [-0.39, 0.29) is 13.2 Å². The minimum absolute atomic E-state index is 0.0513. The SMILES string of the molecule is Cc1cc(C)cc(OCCn2cccc(C(F)(F)F)c2=O)c1. The maximum absolute atomic E-state index is 12.7. The number of nitrogens with zero attached hydrogens (tertiary/aromatic N) is 1. The van der Waals surface area contributed by atoms with Crippen molar-refractivity contribution in [2.24, 2.45) is 0 Å². The summed E-state index contributed by atoms with van der Waals surface area (Å²) in [5.74, 6) is 0.637. The van der Waals surface area contributed by atoms with E-state index >= 15 is 0 Å². The van der Waals surface area contributed by atoms with Crippen molar-refractivity contribution < 1.29 is 17.9 Å². The summed E-state index contributed by atoms with van der Waals surface area (Å²) in [5.41, 5.74) is -0.155. The molecule has 118 valence electrons. The van der Waals surface area contributed by atoms with E-state index in [1.54, 1.807) is 0 Å². The number of hydrogen-bond acceptors (Lipinski definition) is 2. The molecule has 0 atom stereocenters. The molecule has 0 spiro atoms. The van der Waals surface area contributed by atoms with Crippen molar-refractivity contribution in [1.29, 1.82) is 0 Å². The summed E-state index contributed by atoms with van der Waals surface area (Å²) in [6.07, 6.45) is -3.32. The fraction of sp³-hybridized carbons (Fsp3) is 0.312. The smallest absolute Gasteiger partial charge is 0.421 e. The maximum Gasteiger partial charge on any atom is 0.421 e. The van der Waals surface area contributed by atoms with Gasteiger partial charge in [0.1, 0.15) is 17.9 Å². The van der Waals surface area contributed by atoms with E-state index in [0.717, 1.165) is 21.8 Å². The number of benzene rings is 1. The van der Waals surface area contributed by atoms with Gasteiger partial charge in [-0.2, -0.15) is 13.2 Å². The molecule has 0 aliphatic heterocycles. The number of halogens is 3. The molecular formula is C16H16F3NO2. The summed E-state index contributed by atoms with van der Waals surface area (Å²) in [5, 5.41) is 0. The Labute approximate surface area is 126 Å². The molecule has 0 bridgehead atoms. The monoisotopic (exact) mass is 311 g/mol. The van der Waals surface area contributed by atoms with Crippen LogP contribution in [0.25, 0.3) is 0 Å². The van der Waals surface area contributed by atoms with Crippen molar-refractivity contribution in [3.63, 3.8) is 0 Å². The quantitative estimate of drug-likeness (QED) is 0.864. The number of pyridine rings is 1. The lowest BCUT2D eigenvalue weighted by Gasteiger charge is -2.12. The first-order valence-corrected chi connectivity index (χ1v) is 6.75. The van der Waals surface area contributed by atoms with Gasteiger partial charge in [-0.1, -0.05) is 6.07 Å². The van der Waals surface area contributed by atoms with Gasteiger partial charge in [-0.25, -0.2) is 0 Å². The fourth-order valence-electron chi connectivity index (χ4n) is 2.21. The third-order valence-electron chi connectivity index (χ3n) is 3.12. The van der Waals surface area contributed by atoms with Crippen LogP contribution in [0, 0.1) is 13.8 Å². The first-order valence-electron chi connectivity index (χ1n) is 6.75. The van der Waals surface area contributed by atoms with Gasteiger partial charge in [0.05, 0.1) is 6.54 Å². The van der Waals surface area contributed by atoms with E-state index in [2.05, 4.69) is 0 Å². The summed E-state index contributed by atoms with van der Waals surface area (Å²) in [6.45, 7) is 4.02. The zero-order valence-corrected chi connectivity index (χ0v) is 12.3. The van der Waals surface area contributed by atoms with Gasteiger partial charge < -0.3 is 9.30 Å². The van der Waals surface area contributed by atoms with E-state index in [9.17, 15) is 18.0 Å². The predicted octanol–water partition coefficient (Wildman–Crippen LogP) is 3.56. The van der Waals surface area contributed by atoms with E-state index in [0.29, 0.717) is 5.75 Å². The molecule has 0 saturated heterocycles.